The number of ether oxygens (including phenoxy) is 1. The quantitative estimate of drug-likeness (QED) is 0.772. The van der Waals surface area contributed by atoms with Crippen molar-refractivity contribution in [1.82, 2.24) is 25.3 Å². The van der Waals surface area contributed by atoms with Crippen molar-refractivity contribution in [2.45, 2.75) is 45.4 Å². The van der Waals surface area contributed by atoms with E-state index in [2.05, 4.69) is 26.7 Å². The standard InChI is InChI=1S/C19H25N5O2/c1-3-16-15(19(25)20-12-11-14-7-5-4-6-8-14)13-21-24(16)17-9-10-18(26-2)23-22-17/h7,9-10,13H,3-6,8,11-12H2,1-2H3,(H,20,25). The van der Waals surface area contributed by atoms with Crippen molar-refractivity contribution in [2.75, 3.05) is 13.7 Å². The van der Waals surface area contributed by atoms with Crippen molar-refractivity contribution in [3.05, 3.63) is 41.2 Å². The lowest BCUT2D eigenvalue weighted by atomic mass is 9.97. The zero-order chi connectivity index (χ0) is 18.4. The third kappa shape index (κ3) is 4.09. The number of carbonyl (C=O) groups is 1. The molecule has 0 saturated carbocycles. The second kappa shape index (κ2) is 8.60. The molecule has 26 heavy (non-hydrogen) atoms. The Bertz CT molecular complexity index is 780. The van der Waals surface area contributed by atoms with Gasteiger partial charge in [0.15, 0.2) is 5.82 Å². The van der Waals surface area contributed by atoms with Crippen molar-refractivity contribution in [1.29, 1.82) is 0 Å². The molecule has 0 spiro atoms. The number of rotatable bonds is 7. The molecule has 7 nitrogen and oxygen atoms in total. The van der Waals surface area contributed by atoms with Gasteiger partial charge in [-0.1, -0.05) is 18.6 Å². The van der Waals surface area contributed by atoms with Gasteiger partial charge in [-0.05, 0) is 44.6 Å². The Morgan fingerprint density at radius 3 is 2.85 bits per heavy atom. The molecule has 1 aliphatic carbocycles. The first kappa shape index (κ1) is 18.1. The minimum atomic E-state index is -0.0917. The van der Waals surface area contributed by atoms with Gasteiger partial charge in [0.25, 0.3) is 5.91 Å². The van der Waals surface area contributed by atoms with E-state index in [0.717, 1.165) is 18.5 Å². The molecule has 0 saturated heterocycles. The van der Waals surface area contributed by atoms with Crippen molar-refractivity contribution >= 4 is 5.91 Å². The summed E-state index contributed by atoms with van der Waals surface area (Å²) in [5.74, 6) is 0.911. The highest BCUT2D eigenvalue weighted by Gasteiger charge is 2.18. The molecule has 0 aliphatic heterocycles. The summed E-state index contributed by atoms with van der Waals surface area (Å²) in [7, 11) is 1.54. The molecule has 138 valence electrons. The molecule has 0 bridgehead atoms. The SMILES string of the molecule is CCc1c(C(=O)NCCC2=CCCCC2)cnn1-c1ccc(OC)nn1. The van der Waals surface area contributed by atoms with E-state index in [0.29, 0.717) is 30.2 Å². The highest BCUT2D eigenvalue weighted by atomic mass is 16.5. The Morgan fingerprint density at radius 2 is 2.19 bits per heavy atom. The van der Waals surface area contributed by atoms with Crippen LogP contribution >= 0.6 is 0 Å². The molecule has 0 radical (unpaired) electrons. The van der Waals surface area contributed by atoms with E-state index in [1.807, 2.05) is 6.92 Å². The fourth-order valence-electron chi connectivity index (χ4n) is 3.20. The van der Waals surface area contributed by atoms with E-state index in [1.165, 1.54) is 24.8 Å². The number of amides is 1. The topological polar surface area (TPSA) is 81.9 Å². The van der Waals surface area contributed by atoms with Gasteiger partial charge in [0.05, 0.1) is 24.6 Å². The van der Waals surface area contributed by atoms with Crippen LogP contribution in [0.15, 0.2) is 30.0 Å². The van der Waals surface area contributed by atoms with E-state index < -0.39 is 0 Å². The van der Waals surface area contributed by atoms with E-state index in [4.69, 9.17) is 4.74 Å². The number of hydrogen-bond acceptors (Lipinski definition) is 5. The number of aromatic nitrogens is 4. The molecule has 2 aromatic heterocycles. The monoisotopic (exact) mass is 355 g/mol. The van der Waals surface area contributed by atoms with Gasteiger partial charge in [0.2, 0.25) is 5.88 Å². The van der Waals surface area contributed by atoms with Crippen LogP contribution in [0.4, 0.5) is 0 Å². The summed E-state index contributed by atoms with van der Waals surface area (Å²) < 4.78 is 6.69. The fraction of sp³-hybridized carbons (Fsp3) is 0.474. The van der Waals surface area contributed by atoms with Crippen LogP contribution in [0.2, 0.25) is 0 Å². The summed E-state index contributed by atoms with van der Waals surface area (Å²) >= 11 is 0. The van der Waals surface area contributed by atoms with Crippen molar-refractivity contribution < 1.29 is 9.53 Å². The summed E-state index contributed by atoms with van der Waals surface area (Å²) in [4.78, 5) is 12.6. The molecule has 1 aliphatic rings. The van der Waals surface area contributed by atoms with Crippen molar-refractivity contribution in [2.24, 2.45) is 0 Å². The maximum Gasteiger partial charge on any atom is 0.254 e. The smallest absolute Gasteiger partial charge is 0.254 e. The average molecular weight is 355 g/mol. The maximum absolute atomic E-state index is 12.6. The van der Waals surface area contributed by atoms with E-state index >= 15 is 0 Å². The molecule has 0 unspecified atom stereocenters. The Morgan fingerprint density at radius 1 is 1.31 bits per heavy atom. The van der Waals surface area contributed by atoms with Crippen LogP contribution in [0.25, 0.3) is 5.82 Å². The van der Waals surface area contributed by atoms with Crippen molar-refractivity contribution in [3.8, 4) is 11.7 Å². The Balaban J connectivity index is 1.68. The van der Waals surface area contributed by atoms with E-state index in [-0.39, 0.29) is 5.91 Å². The van der Waals surface area contributed by atoms with Gasteiger partial charge >= 0.3 is 0 Å². The summed E-state index contributed by atoms with van der Waals surface area (Å²) in [6.45, 7) is 2.65. The van der Waals surface area contributed by atoms with Crippen LogP contribution in [-0.4, -0.2) is 39.5 Å². The molecular weight excluding hydrogens is 330 g/mol. The molecule has 2 aromatic rings. The van der Waals surface area contributed by atoms with Gasteiger partial charge in [-0.25, -0.2) is 4.68 Å². The first-order valence-electron chi connectivity index (χ1n) is 9.14. The zero-order valence-electron chi connectivity index (χ0n) is 15.4. The molecule has 7 heteroatoms. The van der Waals surface area contributed by atoms with Crippen LogP contribution in [-0.2, 0) is 6.42 Å². The van der Waals surface area contributed by atoms with Gasteiger partial charge in [-0.2, -0.15) is 5.10 Å². The van der Waals surface area contributed by atoms with Crippen LogP contribution in [0.3, 0.4) is 0 Å². The number of carbonyl (C=O) groups excluding carboxylic acids is 1. The molecule has 1 N–H and O–H groups in total. The normalized spacial score (nSPS) is 14.0. The molecule has 0 atom stereocenters. The number of nitrogens with one attached hydrogen (secondary N) is 1. The molecular formula is C19H25N5O2. The summed E-state index contributed by atoms with van der Waals surface area (Å²) in [6, 6.07) is 3.50. The Labute approximate surface area is 153 Å². The van der Waals surface area contributed by atoms with Crippen LogP contribution < -0.4 is 10.1 Å². The first-order chi connectivity index (χ1) is 12.7. The summed E-state index contributed by atoms with van der Waals surface area (Å²) in [5.41, 5.74) is 2.86. The van der Waals surface area contributed by atoms with Crippen molar-refractivity contribution in [3.63, 3.8) is 0 Å². The predicted octanol–water partition coefficient (Wildman–Crippen LogP) is 2.85. The highest BCUT2D eigenvalue weighted by molar-refractivity contribution is 5.95. The van der Waals surface area contributed by atoms with Crippen LogP contribution in [0.5, 0.6) is 5.88 Å². The maximum atomic E-state index is 12.6. The Hall–Kier alpha value is -2.70. The first-order valence-corrected chi connectivity index (χ1v) is 9.14. The second-order valence-electron chi connectivity index (χ2n) is 6.32. The van der Waals surface area contributed by atoms with E-state index in [9.17, 15) is 4.79 Å². The summed E-state index contributed by atoms with van der Waals surface area (Å²) in [6.07, 6.45) is 10.4. The predicted molar refractivity (Wildman–Crippen MR) is 98.6 cm³/mol. The van der Waals surface area contributed by atoms with Gasteiger partial charge < -0.3 is 10.1 Å². The lowest BCUT2D eigenvalue weighted by Gasteiger charge is -2.13. The highest BCUT2D eigenvalue weighted by Crippen LogP contribution is 2.20. The number of methoxy groups -OCH3 is 1. The number of nitrogens with zero attached hydrogens (tertiary/aromatic N) is 4. The molecule has 0 aromatic carbocycles. The van der Waals surface area contributed by atoms with Crippen LogP contribution in [0.1, 0.15) is 55.1 Å². The third-order valence-corrected chi connectivity index (χ3v) is 4.62. The van der Waals surface area contributed by atoms with Gasteiger partial charge in [-0.3, -0.25) is 4.79 Å². The minimum absolute atomic E-state index is 0.0917. The lowest BCUT2D eigenvalue weighted by Crippen LogP contribution is -2.25. The molecule has 0 fully saturated rings. The number of allylic oxidation sites excluding steroid dienone is 1. The largest absolute Gasteiger partial charge is 0.480 e. The second-order valence-corrected chi connectivity index (χ2v) is 6.32. The molecule has 2 heterocycles. The third-order valence-electron chi connectivity index (χ3n) is 4.62. The summed E-state index contributed by atoms with van der Waals surface area (Å²) in [5, 5.41) is 15.4. The van der Waals surface area contributed by atoms with Gasteiger partial charge in [0.1, 0.15) is 0 Å². The van der Waals surface area contributed by atoms with Crippen LogP contribution in [0, 0.1) is 0 Å². The minimum Gasteiger partial charge on any atom is -0.480 e. The average Bonchev–Trinajstić information content (AvgIpc) is 3.13. The fourth-order valence-corrected chi connectivity index (χ4v) is 3.20. The Kier molecular flexibility index (Phi) is 5.99. The molecule has 1 amide bonds. The number of hydrogen-bond donors (Lipinski definition) is 1. The van der Waals surface area contributed by atoms with E-state index in [1.54, 1.807) is 30.1 Å². The lowest BCUT2D eigenvalue weighted by molar-refractivity contribution is 0.0953. The molecule has 3 rings (SSSR count). The van der Waals surface area contributed by atoms with Gasteiger partial charge in [0, 0.05) is 12.6 Å². The van der Waals surface area contributed by atoms with Gasteiger partial charge in [-0.15, -0.1) is 10.2 Å². The zero-order valence-corrected chi connectivity index (χ0v) is 15.4.